The number of hydrogen-bond acceptors (Lipinski definition) is 3. The fraction of sp³-hybridized carbons (Fsp3) is 0.250. The summed E-state index contributed by atoms with van der Waals surface area (Å²) in [5.74, 6) is -0.154. The average molecular weight is 222 g/mol. The van der Waals surface area contributed by atoms with Crippen LogP contribution >= 0.6 is 0 Å². The fourth-order valence-corrected chi connectivity index (χ4v) is 1.48. The van der Waals surface area contributed by atoms with Crippen molar-refractivity contribution in [1.82, 2.24) is 0 Å². The van der Waals surface area contributed by atoms with E-state index in [9.17, 15) is 4.79 Å². The van der Waals surface area contributed by atoms with Gasteiger partial charge in [-0.05, 0) is 18.1 Å². The van der Waals surface area contributed by atoms with Gasteiger partial charge < -0.3 is 14.6 Å². The van der Waals surface area contributed by atoms with E-state index < -0.39 is 5.97 Å². The Morgan fingerprint density at radius 2 is 2.12 bits per heavy atom. The highest BCUT2D eigenvalue weighted by atomic mass is 16.5. The summed E-state index contributed by atoms with van der Waals surface area (Å²) in [6, 6.07) is 3.23. The van der Waals surface area contributed by atoms with Crippen molar-refractivity contribution < 1.29 is 19.4 Å². The van der Waals surface area contributed by atoms with E-state index in [1.54, 1.807) is 18.2 Å². The van der Waals surface area contributed by atoms with Gasteiger partial charge in [0.15, 0.2) is 0 Å². The van der Waals surface area contributed by atoms with Gasteiger partial charge in [0.2, 0.25) is 0 Å². The van der Waals surface area contributed by atoms with E-state index in [0.29, 0.717) is 23.5 Å². The minimum absolute atomic E-state index is 0.156. The van der Waals surface area contributed by atoms with E-state index in [4.69, 9.17) is 14.6 Å². The SMILES string of the molecule is C=CCc1cc(OC)cc(OC)c1C(=O)O. The van der Waals surface area contributed by atoms with Crippen molar-refractivity contribution >= 4 is 5.97 Å². The monoisotopic (exact) mass is 222 g/mol. The lowest BCUT2D eigenvalue weighted by Crippen LogP contribution is -2.06. The molecule has 0 bridgehead atoms. The predicted octanol–water partition coefficient (Wildman–Crippen LogP) is 2.13. The number of aromatic carboxylic acids is 1. The Bertz CT molecular complexity index is 410. The Hall–Kier alpha value is -1.97. The summed E-state index contributed by atoms with van der Waals surface area (Å²) in [4.78, 5) is 11.1. The van der Waals surface area contributed by atoms with Gasteiger partial charge in [0, 0.05) is 6.07 Å². The van der Waals surface area contributed by atoms with Crippen molar-refractivity contribution in [1.29, 1.82) is 0 Å². The molecule has 0 radical (unpaired) electrons. The summed E-state index contributed by atoms with van der Waals surface area (Å²) in [7, 11) is 2.95. The van der Waals surface area contributed by atoms with Gasteiger partial charge in [-0.1, -0.05) is 6.08 Å². The number of methoxy groups -OCH3 is 2. The summed E-state index contributed by atoms with van der Waals surface area (Å²) in [5.41, 5.74) is 0.780. The third-order valence-corrected chi connectivity index (χ3v) is 2.19. The first-order valence-electron chi connectivity index (χ1n) is 4.73. The van der Waals surface area contributed by atoms with Gasteiger partial charge in [0.05, 0.1) is 14.2 Å². The molecule has 0 heterocycles. The molecule has 0 fully saturated rings. The highest BCUT2D eigenvalue weighted by molar-refractivity contribution is 5.93. The summed E-state index contributed by atoms with van der Waals surface area (Å²) in [6.45, 7) is 3.59. The Balaban J connectivity index is 3.40. The second-order valence-electron chi connectivity index (χ2n) is 3.16. The molecule has 4 heteroatoms. The molecule has 0 spiro atoms. The van der Waals surface area contributed by atoms with Crippen molar-refractivity contribution in [3.8, 4) is 11.5 Å². The number of carboxylic acids is 1. The normalized spacial score (nSPS) is 9.62. The number of hydrogen-bond donors (Lipinski definition) is 1. The van der Waals surface area contributed by atoms with Gasteiger partial charge >= 0.3 is 5.97 Å². The molecule has 0 aliphatic rings. The molecule has 0 saturated heterocycles. The van der Waals surface area contributed by atoms with Gasteiger partial charge in [0.1, 0.15) is 17.1 Å². The Morgan fingerprint density at radius 3 is 2.56 bits per heavy atom. The number of allylic oxidation sites excluding steroid dienone is 1. The molecule has 1 N–H and O–H groups in total. The van der Waals surface area contributed by atoms with Gasteiger partial charge in [-0.15, -0.1) is 6.58 Å². The zero-order chi connectivity index (χ0) is 12.1. The first kappa shape index (κ1) is 12.1. The van der Waals surface area contributed by atoms with Crippen LogP contribution < -0.4 is 9.47 Å². The maximum atomic E-state index is 11.1. The van der Waals surface area contributed by atoms with E-state index in [0.717, 1.165) is 0 Å². The maximum Gasteiger partial charge on any atom is 0.339 e. The molecule has 4 nitrogen and oxygen atoms in total. The van der Waals surface area contributed by atoms with Gasteiger partial charge in [-0.2, -0.15) is 0 Å². The van der Waals surface area contributed by atoms with Crippen LogP contribution in [-0.4, -0.2) is 25.3 Å². The molecule has 1 aromatic rings. The second-order valence-corrected chi connectivity index (χ2v) is 3.16. The molecule has 0 amide bonds. The third kappa shape index (κ3) is 2.34. The Kier molecular flexibility index (Phi) is 3.94. The van der Waals surface area contributed by atoms with E-state index in [1.165, 1.54) is 14.2 Å². The van der Waals surface area contributed by atoms with Crippen LogP contribution in [0.25, 0.3) is 0 Å². The lowest BCUT2D eigenvalue weighted by molar-refractivity contribution is 0.0692. The van der Waals surface area contributed by atoms with Crippen LogP contribution in [0.3, 0.4) is 0 Å². The molecule has 0 aromatic heterocycles. The Morgan fingerprint density at radius 1 is 1.44 bits per heavy atom. The topological polar surface area (TPSA) is 55.8 Å². The summed E-state index contributed by atoms with van der Waals surface area (Å²) in [5, 5.41) is 9.11. The fourth-order valence-electron chi connectivity index (χ4n) is 1.48. The smallest absolute Gasteiger partial charge is 0.339 e. The van der Waals surface area contributed by atoms with Gasteiger partial charge in [-0.3, -0.25) is 0 Å². The molecule has 16 heavy (non-hydrogen) atoms. The Labute approximate surface area is 94.1 Å². The largest absolute Gasteiger partial charge is 0.497 e. The first-order chi connectivity index (χ1) is 7.63. The lowest BCUT2D eigenvalue weighted by Gasteiger charge is -2.11. The van der Waals surface area contributed by atoms with Crippen LogP contribution in [0.4, 0.5) is 0 Å². The van der Waals surface area contributed by atoms with Crippen molar-refractivity contribution in [2.45, 2.75) is 6.42 Å². The highest BCUT2D eigenvalue weighted by Crippen LogP contribution is 2.29. The zero-order valence-electron chi connectivity index (χ0n) is 9.32. The van der Waals surface area contributed by atoms with E-state index in [1.807, 2.05) is 0 Å². The molecule has 0 unspecified atom stereocenters. The minimum atomic E-state index is -1.02. The molecule has 1 aromatic carbocycles. The van der Waals surface area contributed by atoms with Crippen LogP contribution in [0.2, 0.25) is 0 Å². The quantitative estimate of drug-likeness (QED) is 0.775. The summed E-state index contributed by atoms with van der Waals surface area (Å²) >= 11 is 0. The van der Waals surface area contributed by atoms with E-state index in [2.05, 4.69) is 6.58 Å². The van der Waals surface area contributed by atoms with Crippen LogP contribution in [0.15, 0.2) is 24.8 Å². The molecular weight excluding hydrogens is 208 g/mol. The highest BCUT2D eigenvalue weighted by Gasteiger charge is 2.17. The van der Waals surface area contributed by atoms with Gasteiger partial charge in [0.25, 0.3) is 0 Å². The third-order valence-electron chi connectivity index (χ3n) is 2.19. The van der Waals surface area contributed by atoms with E-state index >= 15 is 0 Å². The van der Waals surface area contributed by atoms with Crippen LogP contribution in [0, 0.1) is 0 Å². The lowest BCUT2D eigenvalue weighted by atomic mass is 10.0. The van der Waals surface area contributed by atoms with Crippen molar-refractivity contribution in [2.24, 2.45) is 0 Å². The number of ether oxygens (including phenoxy) is 2. The van der Waals surface area contributed by atoms with Crippen LogP contribution in [0.5, 0.6) is 11.5 Å². The molecule has 0 aliphatic heterocycles. The molecule has 0 atom stereocenters. The maximum absolute atomic E-state index is 11.1. The molecule has 86 valence electrons. The molecule has 1 rings (SSSR count). The van der Waals surface area contributed by atoms with Crippen LogP contribution in [-0.2, 0) is 6.42 Å². The second kappa shape index (κ2) is 5.21. The number of rotatable bonds is 5. The van der Waals surface area contributed by atoms with Crippen molar-refractivity contribution in [3.05, 3.63) is 35.9 Å². The number of benzene rings is 1. The molecule has 0 aliphatic carbocycles. The molecule has 0 saturated carbocycles. The summed E-state index contributed by atoms with van der Waals surface area (Å²) < 4.78 is 10.1. The molecular formula is C12H14O4. The number of carbonyl (C=O) groups is 1. The average Bonchev–Trinajstić information content (AvgIpc) is 2.27. The van der Waals surface area contributed by atoms with E-state index in [-0.39, 0.29) is 5.56 Å². The zero-order valence-corrected chi connectivity index (χ0v) is 9.32. The predicted molar refractivity (Wildman–Crippen MR) is 60.4 cm³/mol. The summed E-state index contributed by atoms with van der Waals surface area (Å²) in [6.07, 6.45) is 2.09. The standard InChI is InChI=1S/C12H14O4/c1-4-5-8-6-9(15-2)7-10(16-3)11(8)12(13)14/h4,6-7H,1,5H2,2-3H3,(H,13,14). The van der Waals surface area contributed by atoms with Gasteiger partial charge in [-0.25, -0.2) is 4.79 Å². The van der Waals surface area contributed by atoms with Crippen molar-refractivity contribution in [3.63, 3.8) is 0 Å². The minimum Gasteiger partial charge on any atom is -0.497 e. The first-order valence-corrected chi connectivity index (χ1v) is 4.73. The number of carboxylic acid groups (broad SMARTS) is 1. The van der Waals surface area contributed by atoms with Crippen LogP contribution in [0.1, 0.15) is 15.9 Å². The van der Waals surface area contributed by atoms with Crippen molar-refractivity contribution in [2.75, 3.05) is 14.2 Å².